The van der Waals surface area contributed by atoms with Gasteiger partial charge >= 0.3 is 0 Å². The highest BCUT2D eigenvalue weighted by molar-refractivity contribution is 7.26. The van der Waals surface area contributed by atoms with E-state index in [2.05, 4.69) is 30.3 Å². The molecule has 2 aromatic heterocycles. The zero-order valence-corrected chi connectivity index (χ0v) is 11.5. The second kappa shape index (κ2) is 4.12. The first-order valence-corrected chi connectivity index (χ1v) is 6.45. The van der Waals surface area contributed by atoms with Crippen molar-refractivity contribution in [3.05, 3.63) is 6.33 Å². The normalized spacial score (nSPS) is 26.7. The fourth-order valence-electron chi connectivity index (χ4n) is 2.26. The summed E-state index contributed by atoms with van der Waals surface area (Å²) in [5, 5.41) is 9.09. The molecule has 1 aliphatic rings. The van der Waals surface area contributed by atoms with Crippen molar-refractivity contribution in [3.8, 4) is 6.07 Å². The molecule has 0 aliphatic carbocycles. The van der Waals surface area contributed by atoms with Crippen molar-refractivity contribution in [2.24, 2.45) is 0 Å². The number of nitrogen functional groups attached to an aromatic ring is 1. The van der Waals surface area contributed by atoms with Gasteiger partial charge in [0, 0.05) is 0 Å². The van der Waals surface area contributed by atoms with Crippen molar-refractivity contribution in [2.75, 3.05) is 5.73 Å². The molecule has 1 aliphatic heterocycles. The third-order valence-electron chi connectivity index (χ3n) is 3.28. The standard InChI is InChI=1S/C11H13N6OP/c1-11(4-12)3-2-6(18-11)17-5-14-7-8(13)15-10(19)16-9(7)17/h5-6H,2-3,19H2,1H3,(H2,13,15,16). The van der Waals surface area contributed by atoms with Gasteiger partial charge < -0.3 is 10.5 Å². The summed E-state index contributed by atoms with van der Waals surface area (Å²) >= 11 is 0. The lowest BCUT2D eigenvalue weighted by atomic mass is 10.1. The van der Waals surface area contributed by atoms with Crippen LogP contribution in [0.2, 0.25) is 0 Å². The van der Waals surface area contributed by atoms with Crippen LogP contribution in [-0.2, 0) is 4.74 Å². The molecular weight excluding hydrogens is 263 g/mol. The second-order valence-electron chi connectivity index (χ2n) is 4.74. The summed E-state index contributed by atoms with van der Waals surface area (Å²) in [5.41, 5.74) is 6.76. The first-order valence-electron chi connectivity index (χ1n) is 5.87. The van der Waals surface area contributed by atoms with Crippen molar-refractivity contribution in [1.82, 2.24) is 19.5 Å². The molecule has 8 heteroatoms. The predicted molar refractivity (Wildman–Crippen MR) is 72.5 cm³/mol. The summed E-state index contributed by atoms with van der Waals surface area (Å²) in [6, 6.07) is 2.19. The van der Waals surface area contributed by atoms with Gasteiger partial charge in [-0.3, -0.25) is 4.57 Å². The summed E-state index contributed by atoms with van der Waals surface area (Å²) in [6.45, 7) is 1.79. The number of fused-ring (bicyclic) bond motifs is 1. The summed E-state index contributed by atoms with van der Waals surface area (Å²) in [7, 11) is 2.42. The molecule has 7 nitrogen and oxygen atoms in total. The first-order chi connectivity index (χ1) is 9.02. The molecular formula is C11H13N6OP. The minimum atomic E-state index is -0.746. The van der Waals surface area contributed by atoms with Crippen molar-refractivity contribution in [3.63, 3.8) is 0 Å². The largest absolute Gasteiger partial charge is 0.382 e. The van der Waals surface area contributed by atoms with E-state index < -0.39 is 5.60 Å². The van der Waals surface area contributed by atoms with Crippen molar-refractivity contribution < 1.29 is 4.74 Å². The Hall–Kier alpha value is -1.77. The van der Waals surface area contributed by atoms with E-state index in [1.54, 1.807) is 13.3 Å². The Bertz CT molecular complexity index is 692. The maximum absolute atomic E-state index is 9.09. The van der Waals surface area contributed by atoms with Crippen molar-refractivity contribution in [1.29, 1.82) is 5.26 Å². The maximum Gasteiger partial charge on any atom is 0.168 e. The number of nitrogens with two attached hydrogens (primary N) is 1. The Balaban J connectivity index is 2.06. The van der Waals surface area contributed by atoms with E-state index in [-0.39, 0.29) is 6.23 Å². The number of imidazole rings is 1. The highest BCUT2D eigenvalue weighted by Gasteiger charge is 2.37. The van der Waals surface area contributed by atoms with Crippen LogP contribution in [0.3, 0.4) is 0 Å². The van der Waals surface area contributed by atoms with E-state index >= 15 is 0 Å². The first kappa shape index (κ1) is 12.3. The molecule has 1 saturated heterocycles. The molecule has 1 fully saturated rings. The maximum atomic E-state index is 9.09. The van der Waals surface area contributed by atoms with Crippen LogP contribution < -0.4 is 11.3 Å². The quantitative estimate of drug-likeness (QED) is 0.761. The molecule has 0 radical (unpaired) electrons. The van der Waals surface area contributed by atoms with Crippen molar-refractivity contribution >= 4 is 31.8 Å². The van der Waals surface area contributed by atoms with E-state index in [0.717, 1.165) is 6.42 Å². The van der Waals surface area contributed by atoms with Gasteiger partial charge in [0.25, 0.3) is 0 Å². The fraction of sp³-hybridized carbons (Fsp3) is 0.455. The molecule has 98 valence electrons. The lowest BCUT2D eigenvalue weighted by Crippen LogP contribution is -2.22. The van der Waals surface area contributed by atoms with Gasteiger partial charge in [-0.1, -0.05) is 9.24 Å². The molecule has 0 aromatic carbocycles. The molecule has 2 N–H and O–H groups in total. The van der Waals surface area contributed by atoms with Gasteiger partial charge in [-0.05, 0) is 19.8 Å². The predicted octanol–water partition coefficient (Wildman–Crippen LogP) is 0.500. The number of nitrogens with zero attached hydrogens (tertiary/aromatic N) is 5. The monoisotopic (exact) mass is 276 g/mol. The molecule has 0 saturated carbocycles. The summed E-state index contributed by atoms with van der Waals surface area (Å²) < 4.78 is 7.59. The number of anilines is 1. The van der Waals surface area contributed by atoms with Gasteiger partial charge in [-0.15, -0.1) is 0 Å². The van der Waals surface area contributed by atoms with E-state index in [1.165, 1.54) is 0 Å². The minimum absolute atomic E-state index is 0.242. The van der Waals surface area contributed by atoms with Crippen LogP contribution in [0.5, 0.6) is 0 Å². The highest BCUT2D eigenvalue weighted by Crippen LogP contribution is 2.36. The number of hydrogen-bond acceptors (Lipinski definition) is 6. The Morgan fingerprint density at radius 3 is 3.11 bits per heavy atom. The van der Waals surface area contributed by atoms with Crippen LogP contribution in [0.15, 0.2) is 6.33 Å². The molecule has 0 spiro atoms. The molecule has 0 amide bonds. The second-order valence-corrected chi connectivity index (χ2v) is 5.26. The molecule has 3 rings (SSSR count). The SMILES string of the molecule is CC1(C#N)CCC(n2cnc3c(N)nc(P)nc32)O1. The topological polar surface area (TPSA) is 103 Å². The van der Waals surface area contributed by atoms with Gasteiger partial charge in [-0.2, -0.15) is 5.26 Å². The van der Waals surface area contributed by atoms with Gasteiger partial charge in [-0.25, -0.2) is 15.0 Å². The third kappa shape index (κ3) is 1.93. The Labute approximate surface area is 112 Å². The third-order valence-corrected chi connectivity index (χ3v) is 3.54. The zero-order chi connectivity index (χ0) is 13.6. The Morgan fingerprint density at radius 2 is 2.42 bits per heavy atom. The van der Waals surface area contributed by atoms with Crippen LogP contribution in [0.4, 0.5) is 5.82 Å². The molecule has 0 bridgehead atoms. The van der Waals surface area contributed by atoms with Crippen LogP contribution in [0.1, 0.15) is 26.0 Å². The lowest BCUT2D eigenvalue weighted by molar-refractivity contribution is -0.0263. The van der Waals surface area contributed by atoms with E-state index in [1.807, 2.05) is 4.57 Å². The molecule has 2 aromatic rings. The fourth-order valence-corrected chi connectivity index (χ4v) is 2.52. The van der Waals surface area contributed by atoms with Crippen LogP contribution in [0.25, 0.3) is 11.2 Å². The Morgan fingerprint density at radius 1 is 1.63 bits per heavy atom. The number of rotatable bonds is 1. The van der Waals surface area contributed by atoms with Crippen LogP contribution in [0, 0.1) is 11.3 Å². The molecule has 19 heavy (non-hydrogen) atoms. The van der Waals surface area contributed by atoms with Gasteiger partial charge in [0.2, 0.25) is 0 Å². The average molecular weight is 276 g/mol. The number of nitriles is 1. The molecule has 3 atom stereocenters. The van der Waals surface area contributed by atoms with Gasteiger partial charge in [0.15, 0.2) is 17.1 Å². The zero-order valence-electron chi connectivity index (χ0n) is 10.4. The van der Waals surface area contributed by atoms with Gasteiger partial charge in [0.05, 0.1) is 12.4 Å². The number of ether oxygens (including phenoxy) is 1. The smallest absolute Gasteiger partial charge is 0.168 e. The summed E-state index contributed by atoms with van der Waals surface area (Å²) in [5.74, 6) is 0.342. The van der Waals surface area contributed by atoms with E-state index in [0.29, 0.717) is 29.0 Å². The van der Waals surface area contributed by atoms with Crippen LogP contribution in [-0.4, -0.2) is 25.1 Å². The summed E-state index contributed by atoms with van der Waals surface area (Å²) in [6.07, 6.45) is 2.81. The van der Waals surface area contributed by atoms with E-state index in [9.17, 15) is 0 Å². The highest BCUT2D eigenvalue weighted by atomic mass is 31.0. The van der Waals surface area contributed by atoms with Crippen molar-refractivity contribution in [2.45, 2.75) is 31.6 Å². The van der Waals surface area contributed by atoms with Crippen LogP contribution >= 0.6 is 9.24 Å². The van der Waals surface area contributed by atoms with Gasteiger partial charge in [0.1, 0.15) is 17.3 Å². The average Bonchev–Trinajstić information content (AvgIpc) is 2.94. The minimum Gasteiger partial charge on any atom is -0.382 e. The molecule has 3 unspecified atom stereocenters. The number of aromatic nitrogens is 4. The summed E-state index contributed by atoms with van der Waals surface area (Å²) in [4.78, 5) is 12.6. The Kier molecular flexibility index (Phi) is 2.66. The molecule has 3 heterocycles. The lowest BCUT2D eigenvalue weighted by Gasteiger charge is -2.17. The van der Waals surface area contributed by atoms with E-state index in [4.69, 9.17) is 15.7 Å². The number of hydrogen-bond donors (Lipinski definition) is 1.